The topological polar surface area (TPSA) is 85.4 Å². The molecule has 1 heterocycles. The third-order valence-electron chi connectivity index (χ3n) is 4.35. The first-order valence-corrected chi connectivity index (χ1v) is 10.2. The quantitative estimate of drug-likeness (QED) is 0.440. The average Bonchev–Trinajstić information content (AvgIpc) is 3.11. The average molecular weight is 410 g/mol. The number of fused-ring (bicyclic) bond motifs is 1. The fourth-order valence-corrected chi connectivity index (χ4v) is 3.76. The third-order valence-corrected chi connectivity index (χ3v) is 5.44. The van der Waals surface area contributed by atoms with E-state index in [1.807, 2.05) is 24.3 Å². The number of carbonyl (C=O) groups is 3. The zero-order chi connectivity index (χ0) is 20.8. The Bertz CT molecular complexity index is 994. The predicted octanol–water partition coefficient (Wildman–Crippen LogP) is 4.39. The number of ketones is 1. The highest BCUT2D eigenvalue weighted by Crippen LogP contribution is 2.22. The molecule has 2 aromatic carbocycles. The van der Waals surface area contributed by atoms with Gasteiger partial charge in [0.2, 0.25) is 0 Å². The van der Waals surface area contributed by atoms with Crippen molar-refractivity contribution in [2.45, 2.75) is 39.2 Å². The Morgan fingerprint density at radius 3 is 2.52 bits per heavy atom. The van der Waals surface area contributed by atoms with E-state index in [2.05, 4.69) is 10.3 Å². The highest BCUT2D eigenvalue weighted by molar-refractivity contribution is 7.18. The largest absolute Gasteiger partial charge is 0.453 e. The second-order valence-corrected chi connectivity index (χ2v) is 7.80. The van der Waals surface area contributed by atoms with Crippen LogP contribution in [0.15, 0.2) is 48.5 Å². The van der Waals surface area contributed by atoms with Crippen molar-refractivity contribution < 1.29 is 19.1 Å². The van der Waals surface area contributed by atoms with E-state index >= 15 is 0 Å². The van der Waals surface area contributed by atoms with Crippen LogP contribution >= 0.6 is 11.3 Å². The zero-order valence-corrected chi connectivity index (χ0v) is 17.1. The Labute approximate surface area is 172 Å². The number of hydrogen-bond donors (Lipinski definition) is 1. The maximum atomic E-state index is 12.2. The highest BCUT2D eigenvalue weighted by atomic mass is 32.1. The minimum Gasteiger partial charge on any atom is -0.453 e. The van der Waals surface area contributed by atoms with Crippen molar-refractivity contribution >= 4 is 44.9 Å². The number of aryl methyl sites for hydroxylation is 1. The molecular weight excluding hydrogens is 388 g/mol. The Kier molecular flexibility index (Phi) is 6.72. The molecule has 0 radical (unpaired) electrons. The molecule has 0 aliphatic carbocycles. The summed E-state index contributed by atoms with van der Waals surface area (Å²) in [5.41, 5.74) is 2.08. The molecule has 1 N–H and O–H groups in total. The van der Waals surface area contributed by atoms with Gasteiger partial charge in [-0.25, -0.2) is 4.98 Å². The lowest BCUT2D eigenvalue weighted by Crippen LogP contribution is -2.29. The number of rotatable bonds is 8. The third kappa shape index (κ3) is 5.71. The summed E-state index contributed by atoms with van der Waals surface area (Å²) in [7, 11) is 0. The van der Waals surface area contributed by atoms with Crippen LogP contribution in [0.25, 0.3) is 10.2 Å². The molecule has 0 aliphatic rings. The number of anilines is 1. The number of amides is 1. The summed E-state index contributed by atoms with van der Waals surface area (Å²) in [6.07, 6.45) is 0.621. The van der Waals surface area contributed by atoms with E-state index in [-0.39, 0.29) is 12.2 Å². The molecule has 0 saturated heterocycles. The van der Waals surface area contributed by atoms with E-state index in [1.54, 1.807) is 35.6 Å². The van der Waals surface area contributed by atoms with Crippen molar-refractivity contribution in [1.29, 1.82) is 0 Å². The first-order chi connectivity index (χ1) is 13.9. The van der Waals surface area contributed by atoms with Crippen molar-refractivity contribution in [3.63, 3.8) is 0 Å². The van der Waals surface area contributed by atoms with Gasteiger partial charge in [-0.15, -0.1) is 11.3 Å². The van der Waals surface area contributed by atoms with Crippen molar-refractivity contribution in [3.8, 4) is 0 Å². The van der Waals surface area contributed by atoms with Crippen molar-refractivity contribution in [2.75, 3.05) is 5.32 Å². The normalized spacial score (nSPS) is 11.8. The maximum absolute atomic E-state index is 12.2. The molecule has 1 atom stereocenters. The number of hydrogen-bond acceptors (Lipinski definition) is 6. The maximum Gasteiger partial charge on any atom is 0.306 e. The summed E-state index contributed by atoms with van der Waals surface area (Å²) in [6.45, 7) is 3.01. The highest BCUT2D eigenvalue weighted by Gasteiger charge is 2.18. The van der Waals surface area contributed by atoms with E-state index in [0.29, 0.717) is 24.1 Å². The number of carbonyl (C=O) groups excluding carboxylic acids is 3. The lowest BCUT2D eigenvalue weighted by atomic mass is 10.1. The molecular formula is C22H22N2O4S. The van der Waals surface area contributed by atoms with Crippen LogP contribution in [0.3, 0.4) is 0 Å². The fourth-order valence-electron chi connectivity index (χ4n) is 2.75. The summed E-state index contributed by atoms with van der Waals surface area (Å²) in [6, 6.07) is 14.5. The number of benzene rings is 2. The molecule has 0 bridgehead atoms. The Balaban J connectivity index is 1.43. The molecule has 7 heteroatoms. The van der Waals surface area contributed by atoms with Gasteiger partial charge < -0.3 is 10.1 Å². The Morgan fingerprint density at radius 2 is 1.83 bits per heavy atom. The van der Waals surface area contributed by atoms with E-state index in [4.69, 9.17) is 4.74 Å². The van der Waals surface area contributed by atoms with Gasteiger partial charge in [0.05, 0.1) is 15.2 Å². The first-order valence-electron chi connectivity index (χ1n) is 9.38. The SMILES string of the molecule is CC(=O)c1ccc(NC(=O)C(C)OC(=O)CCCc2nc3ccccc3s2)cc1. The summed E-state index contributed by atoms with van der Waals surface area (Å²) in [5, 5.41) is 3.66. The van der Waals surface area contributed by atoms with Crippen molar-refractivity contribution in [1.82, 2.24) is 4.98 Å². The number of ether oxygens (including phenoxy) is 1. The molecule has 150 valence electrons. The van der Waals surface area contributed by atoms with Crippen molar-refractivity contribution in [3.05, 3.63) is 59.1 Å². The fraction of sp³-hybridized carbons (Fsp3) is 0.273. The molecule has 0 aliphatic heterocycles. The zero-order valence-electron chi connectivity index (χ0n) is 16.3. The number of para-hydroxylation sites is 1. The monoisotopic (exact) mass is 410 g/mol. The van der Waals surface area contributed by atoms with Gasteiger partial charge in [-0.1, -0.05) is 12.1 Å². The summed E-state index contributed by atoms with van der Waals surface area (Å²) >= 11 is 1.62. The van der Waals surface area contributed by atoms with Crippen molar-refractivity contribution in [2.24, 2.45) is 0 Å². The number of Topliss-reactive ketones (excluding diaryl/α,β-unsaturated/α-hetero) is 1. The molecule has 29 heavy (non-hydrogen) atoms. The van der Waals surface area contributed by atoms with Gasteiger partial charge in [-0.2, -0.15) is 0 Å². The minimum atomic E-state index is -0.905. The Morgan fingerprint density at radius 1 is 1.10 bits per heavy atom. The van der Waals surface area contributed by atoms with Crippen LogP contribution in [0.4, 0.5) is 5.69 Å². The molecule has 1 amide bonds. The lowest BCUT2D eigenvalue weighted by molar-refractivity contribution is -0.153. The smallest absolute Gasteiger partial charge is 0.306 e. The minimum absolute atomic E-state index is 0.0454. The van der Waals surface area contributed by atoms with Gasteiger partial charge in [0.25, 0.3) is 5.91 Å². The molecule has 3 rings (SSSR count). The molecule has 0 spiro atoms. The van der Waals surface area contributed by atoms with Gasteiger partial charge >= 0.3 is 5.97 Å². The van der Waals surface area contributed by atoms with Crippen LogP contribution < -0.4 is 5.32 Å². The number of nitrogens with zero attached hydrogens (tertiary/aromatic N) is 1. The second kappa shape index (κ2) is 9.43. The number of esters is 1. The van der Waals surface area contributed by atoms with Gasteiger partial charge in [0.15, 0.2) is 11.9 Å². The molecule has 0 fully saturated rings. The van der Waals surface area contributed by atoms with Crippen LogP contribution in [0.2, 0.25) is 0 Å². The van der Waals surface area contributed by atoms with Crippen LogP contribution in [-0.4, -0.2) is 28.7 Å². The lowest BCUT2D eigenvalue weighted by Gasteiger charge is -2.13. The van der Waals surface area contributed by atoms with Gasteiger partial charge in [0.1, 0.15) is 0 Å². The van der Waals surface area contributed by atoms with E-state index in [9.17, 15) is 14.4 Å². The predicted molar refractivity (Wildman–Crippen MR) is 113 cm³/mol. The molecule has 6 nitrogen and oxygen atoms in total. The van der Waals surface area contributed by atoms with E-state index < -0.39 is 18.0 Å². The number of nitrogens with one attached hydrogen (secondary N) is 1. The van der Waals surface area contributed by atoms with Crippen LogP contribution in [0.1, 0.15) is 42.1 Å². The molecule has 1 aromatic heterocycles. The van der Waals surface area contributed by atoms with E-state index in [1.165, 1.54) is 13.8 Å². The summed E-state index contributed by atoms with van der Waals surface area (Å²) in [4.78, 5) is 40.1. The summed E-state index contributed by atoms with van der Waals surface area (Å²) < 4.78 is 6.35. The van der Waals surface area contributed by atoms with Gasteiger partial charge in [-0.3, -0.25) is 14.4 Å². The van der Waals surface area contributed by atoms with Gasteiger partial charge in [0, 0.05) is 17.7 Å². The van der Waals surface area contributed by atoms with Crippen LogP contribution in [-0.2, 0) is 20.7 Å². The molecule has 3 aromatic rings. The second-order valence-electron chi connectivity index (χ2n) is 6.68. The Hall–Kier alpha value is -3.06. The van der Waals surface area contributed by atoms with Crippen LogP contribution in [0, 0.1) is 0 Å². The van der Waals surface area contributed by atoms with Gasteiger partial charge in [-0.05, 0) is 63.1 Å². The summed E-state index contributed by atoms with van der Waals surface area (Å²) in [5.74, 6) is -0.878. The number of thiazole rings is 1. The van der Waals surface area contributed by atoms with E-state index in [0.717, 1.165) is 15.2 Å². The molecule has 1 unspecified atom stereocenters. The first kappa shape index (κ1) is 20.7. The standard InChI is InChI=1S/C22H22N2O4S/c1-14(25)16-10-12-17(13-11-16)23-22(27)15(2)28-21(26)9-5-8-20-24-18-6-3-4-7-19(18)29-20/h3-4,6-7,10-13,15H,5,8-9H2,1-2H3,(H,23,27). The molecule has 0 saturated carbocycles. The number of aromatic nitrogens is 1. The van der Waals surface area contributed by atoms with Crippen LogP contribution in [0.5, 0.6) is 0 Å².